The van der Waals surface area contributed by atoms with Crippen LogP contribution in [0.3, 0.4) is 0 Å². The van der Waals surface area contributed by atoms with E-state index in [1.165, 1.54) is 27.6 Å². The third-order valence-electron chi connectivity index (χ3n) is 3.96. The van der Waals surface area contributed by atoms with Gasteiger partial charge in [0.2, 0.25) is 5.91 Å². The molecule has 0 aromatic carbocycles. The number of carboxylic acid groups (broad SMARTS) is 1. The van der Waals surface area contributed by atoms with Crippen LogP contribution in [-0.2, 0) is 16.0 Å². The van der Waals surface area contributed by atoms with Crippen LogP contribution in [0.1, 0.15) is 34.6 Å². The molecule has 132 valence electrons. The van der Waals surface area contributed by atoms with E-state index in [0.717, 1.165) is 12.8 Å². The van der Waals surface area contributed by atoms with Gasteiger partial charge in [0.15, 0.2) is 5.13 Å². The van der Waals surface area contributed by atoms with Gasteiger partial charge < -0.3 is 10.0 Å². The molecule has 2 N–H and O–H groups in total. The number of likely N-dealkylation sites (tertiary alicyclic amines) is 1. The van der Waals surface area contributed by atoms with Gasteiger partial charge in [-0.05, 0) is 30.7 Å². The molecule has 1 atom stereocenters. The summed E-state index contributed by atoms with van der Waals surface area (Å²) in [5.74, 6) is -1.44. The highest BCUT2D eigenvalue weighted by molar-refractivity contribution is 7.14. The molecule has 0 saturated carbocycles. The lowest BCUT2D eigenvalue weighted by Crippen LogP contribution is -2.48. The lowest BCUT2D eigenvalue weighted by atomic mass is 10.0. The summed E-state index contributed by atoms with van der Waals surface area (Å²) >= 11 is 2.58. The van der Waals surface area contributed by atoms with Crippen molar-refractivity contribution in [2.24, 2.45) is 0 Å². The minimum atomic E-state index is -0.963. The fourth-order valence-corrected chi connectivity index (χ4v) is 4.08. The minimum absolute atomic E-state index is 0.0369. The summed E-state index contributed by atoms with van der Waals surface area (Å²) in [5, 5.41) is 15.9. The van der Waals surface area contributed by atoms with Crippen molar-refractivity contribution in [3.05, 3.63) is 33.5 Å². The molecule has 7 nitrogen and oxygen atoms in total. The Labute approximate surface area is 152 Å². The first-order chi connectivity index (χ1) is 12.0. The van der Waals surface area contributed by atoms with Crippen molar-refractivity contribution in [1.29, 1.82) is 0 Å². The summed E-state index contributed by atoms with van der Waals surface area (Å²) in [6.45, 7) is 0.460. The summed E-state index contributed by atoms with van der Waals surface area (Å²) in [6, 6.07) is 2.77. The number of thiazole rings is 1. The number of aliphatic carboxylic acids is 1. The maximum absolute atomic E-state index is 12.4. The van der Waals surface area contributed by atoms with Crippen LogP contribution in [-0.4, -0.2) is 45.4 Å². The van der Waals surface area contributed by atoms with Crippen molar-refractivity contribution < 1.29 is 19.5 Å². The zero-order valence-corrected chi connectivity index (χ0v) is 14.9. The molecule has 0 spiro atoms. The van der Waals surface area contributed by atoms with Crippen molar-refractivity contribution in [2.45, 2.75) is 31.7 Å². The Kier molecular flexibility index (Phi) is 5.44. The van der Waals surface area contributed by atoms with Gasteiger partial charge in [0.05, 0.1) is 17.0 Å². The number of piperidine rings is 1. The van der Waals surface area contributed by atoms with Gasteiger partial charge in [-0.15, -0.1) is 22.7 Å². The largest absolute Gasteiger partial charge is 0.480 e. The van der Waals surface area contributed by atoms with Crippen LogP contribution in [0.5, 0.6) is 0 Å². The van der Waals surface area contributed by atoms with Crippen LogP contribution < -0.4 is 5.32 Å². The molecule has 1 saturated heterocycles. The van der Waals surface area contributed by atoms with Crippen molar-refractivity contribution in [1.82, 2.24) is 9.88 Å². The Morgan fingerprint density at radius 1 is 1.32 bits per heavy atom. The molecular weight excluding hydrogens is 362 g/mol. The molecule has 2 amide bonds. The summed E-state index contributed by atoms with van der Waals surface area (Å²) in [4.78, 5) is 42.0. The second kappa shape index (κ2) is 7.75. The number of rotatable bonds is 5. The zero-order valence-electron chi connectivity index (χ0n) is 13.3. The number of nitrogens with one attached hydrogen (secondary N) is 1. The number of carbonyl (C=O) groups is 3. The molecule has 3 heterocycles. The first-order valence-electron chi connectivity index (χ1n) is 7.86. The molecule has 9 heteroatoms. The molecule has 1 aliphatic heterocycles. The number of amides is 2. The van der Waals surface area contributed by atoms with Gasteiger partial charge in [0, 0.05) is 11.9 Å². The second-order valence-electron chi connectivity index (χ2n) is 5.69. The lowest BCUT2D eigenvalue weighted by Gasteiger charge is -2.32. The first kappa shape index (κ1) is 17.6. The summed E-state index contributed by atoms with van der Waals surface area (Å²) in [7, 11) is 0. The van der Waals surface area contributed by atoms with Crippen LogP contribution in [0.15, 0.2) is 22.9 Å². The van der Waals surface area contributed by atoms with Crippen LogP contribution >= 0.6 is 22.7 Å². The van der Waals surface area contributed by atoms with E-state index in [9.17, 15) is 19.5 Å². The third-order valence-corrected chi connectivity index (χ3v) is 5.63. The Morgan fingerprint density at radius 2 is 2.16 bits per heavy atom. The second-order valence-corrected chi connectivity index (χ2v) is 7.49. The Hall–Kier alpha value is -2.26. The van der Waals surface area contributed by atoms with Crippen molar-refractivity contribution in [3.63, 3.8) is 0 Å². The number of carboxylic acids is 1. The van der Waals surface area contributed by atoms with Crippen LogP contribution in [0.2, 0.25) is 0 Å². The van der Waals surface area contributed by atoms with E-state index in [2.05, 4.69) is 10.3 Å². The molecule has 2 aromatic rings. The quantitative estimate of drug-likeness (QED) is 0.831. The topological polar surface area (TPSA) is 99.6 Å². The normalized spacial score (nSPS) is 17.3. The SMILES string of the molecule is O=C(Nc1nc(CC(=O)N2CCCCC2C(=O)O)cs1)c1cccs1. The van der Waals surface area contributed by atoms with Crippen LogP contribution in [0, 0.1) is 0 Å². The standard InChI is InChI=1S/C16H17N3O4S2/c20-13(19-6-2-1-4-11(19)15(22)23)8-10-9-25-16(17-10)18-14(21)12-5-3-7-24-12/h3,5,7,9,11H,1-2,4,6,8H2,(H,22,23)(H,17,18,21). The highest BCUT2D eigenvalue weighted by Gasteiger charge is 2.32. The van der Waals surface area contributed by atoms with E-state index >= 15 is 0 Å². The van der Waals surface area contributed by atoms with E-state index in [1.54, 1.807) is 17.5 Å². The molecule has 0 aliphatic carbocycles. The number of anilines is 1. The van der Waals surface area contributed by atoms with E-state index in [0.29, 0.717) is 28.7 Å². The molecular formula is C16H17N3O4S2. The molecule has 0 bridgehead atoms. The highest BCUT2D eigenvalue weighted by atomic mass is 32.1. The monoisotopic (exact) mass is 379 g/mol. The molecule has 1 fully saturated rings. The average Bonchev–Trinajstić information content (AvgIpc) is 3.27. The van der Waals surface area contributed by atoms with Gasteiger partial charge in [0.1, 0.15) is 6.04 Å². The number of hydrogen-bond acceptors (Lipinski definition) is 6. The van der Waals surface area contributed by atoms with Crippen molar-refractivity contribution in [3.8, 4) is 0 Å². The molecule has 2 aromatic heterocycles. The van der Waals surface area contributed by atoms with Gasteiger partial charge in [-0.2, -0.15) is 0 Å². The fourth-order valence-electron chi connectivity index (χ4n) is 2.76. The highest BCUT2D eigenvalue weighted by Crippen LogP contribution is 2.21. The first-order valence-corrected chi connectivity index (χ1v) is 9.62. The summed E-state index contributed by atoms with van der Waals surface area (Å²) in [5.41, 5.74) is 0.534. The number of nitrogens with zero attached hydrogens (tertiary/aromatic N) is 2. The van der Waals surface area contributed by atoms with E-state index < -0.39 is 12.0 Å². The van der Waals surface area contributed by atoms with Gasteiger partial charge >= 0.3 is 5.97 Å². The van der Waals surface area contributed by atoms with E-state index in [4.69, 9.17) is 0 Å². The molecule has 1 unspecified atom stereocenters. The van der Waals surface area contributed by atoms with Crippen molar-refractivity contribution in [2.75, 3.05) is 11.9 Å². The predicted molar refractivity (Wildman–Crippen MR) is 95.1 cm³/mol. The smallest absolute Gasteiger partial charge is 0.326 e. The summed E-state index contributed by atoms with van der Waals surface area (Å²) < 4.78 is 0. The molecule has 25 heavy (non-hydrogen) atoms. The van der Waals surface area contributed by atoms with Gasteiger partial charge in [-0.3, -0.25) is 14.9 Å². The Balaban J connectivity index is 1.61. The lowest BCUT2D eigenvalue weighted by molar-refractivity contribution is -0.151. The van der Waals surface area contributed by atoms with E-state index in [1.807, 2.05) is 5.38 Å². The zero-order chi connectivity index (χ0) is 17.8. The minimum Gasteiger partial charge on any atom is -0.480 e. The van der Waals surface area contributed by atoms with Crippen LogP contribution in [0.4, 0.5) is 5.13 Å². The number of carbonyl (C=O) groups excluding carboxylic acids is 2. The van der Waals surface area contributed by atoms with Gasteiger partial charge in [-0.1, -0.05) is 6.07 Å². The van der Waals surface area contributed by atoms with Crippen molar-refractivity contribution >= 4 is 45.6 Å². The molecule has 1 aliphatic rings. The molecule has 0 radical (unpaired) electrons. The fraction of sp³-hybridized carbons (Fsp3) is 0.375. The maximum Gasteiger partial charge on any atom is 0.326 e. The summed E-state index contributed by atoms with van der Waals surface area (Å²) in [6.07, 6.45) is 2.15. The average molecular weight is 379 g/mol. The number of hydrogen-bond donors (Lipinski definition) is 2. The third kappa shape index (κ3) is 4.23. The maximum atomic E-state index is 12.4. The van der Waals surface area contributed by atoms with Crippen LogP contribution in [0.25, 0.3) is 0 Å². The number of aromatic nitrogens is 1. The van der Waals surface area contributed by atoms with Gasteiger partial charge in [0.25, 0.3) is 5.91 Å². The Bertz CT molecular complexity index is 772. The number of thiophene rings is 1. The van der Waals surface area contributed by atoms with E-state index in [-0.39, 0.29) is 18.2 Å². The van der Waals surface area contributed by atoms with Gasteiger partial charge in [-0.25, -0.2) is 9.78 Å². The Morgan fingerprint density at radius 3 is 2.88 bits per heavy atom. The predicted octanol–water partition coefficient (Wildman–Crippen LogP) is 2.47. The molecule has 3 rings (SSSR count).